The van der Waals surface area contributed by atoms with Crippen LogP contribution in [-0.4, -0.2) is 42.8 Å². The number of nitrogens with zero attached hydrogens (tertiary/aromatic N) is 1. The van der Waals surface area contributed by atoms with Gasteiger partial charge in [-0.3, -0.25) is 4.79 Å². The van der Waals surface area contributed by atoms with Crippen LogP contribution in [0.4, 0.5) is 5.13 Å². The zero-order chi connectivity index (χ0) is 20.4. The lowest BCUT2D eigenvalue weighted by molar-refractivity contribution is 0.0951. The van der Waals surface area contributed by atoms with Crippen molar-refractivity contribution in [1.82, 2.24) is 10.3 Å². The van der Waals surface area contributed by atoms with E-state index in [1.54, 1.807) is 25.3 Å². The van der Waals surface area contributed by atoms with Crippen molar-refractivity contribution < 1.29 is 19.4 Å². The molecule has 154 valence electrons. The number of ether oxygens (including phenoxy) is 2. The Labute approximate surface area is 173 Å². The molecule has 0 spiro atoms. The highest BCUT2D eigenvalue weighted by Crippen LogP contribution is 2.41. The van der Waals surface area contributed by atoms with E-state index in [1.165, 1.54) is 24.9 Å². The Balaban J connectivity index is 1.32. The standard InChI is InChI=1S/C21H25N3O4S/c1-27-14-5-6-15(17(11-14)28-2)19(25)22-8-7-18-20(26)24-21(29-18)23-16-10-12-3-4-13(16)9-12/h3-6,11-13,16,26H,7-10H2,1-2H3,(H,22,25)(H,23,24). The van der Waals surface area contributed by atoms with Crippen molar-refractivity contribution in [2.45, 2.75) is 25.3 Å². The SMILES string of the molecule is COc1ccc(C(=O)NCCc2sc(NC3CC4C=CC3C4)nc2O)c(OC)c1. The van der Waals surface area contributed by atoms with E-state index >= 15 is 0 Å². The van der Waals surface area contributed by atoms with E-state index in [-0.39, 0.29) is 11.8 Å². The number of amides is 1. The number of thiazole rings is 1. The fourth-order valence-corrected chi connectivity index (χ4v) is 4.96. The molecule has 4 rings (SSSR count). The Bertz CT molecular complexity index is 927. The summed E-state index contributed by atoms with van der Waals surface area (Å²) < 4.78 is 10.4. The highest BCUT2D eigenvalue weighted by atomic mass is 32.1. The molecule has 0 aliphatic heterocycles. The molecular weight excluding hydrogens is 390 g/mol. The topological polar surface area (TPSA) is 92.7 Å². The van der Waals surface area contributed by atoms with E-state index in [4.69, 9.17) is 9.47 Å². The lowest BCUT2D eigenvalue weighted by atomic mass is 10.0. The average Bonchev–Trinajstić information content (AvgIpc) is 3.43. The van der Waals surface area contributed by atoms with E-state index in [2.05, 4.69) is 27.8 Å². The maximum absolute atomic E-state index is 12.5. The van der Waals surface area contributed by atoms with Gasteiger partial charge in [0.05, 0.1) is 24.7 Å². The Morgan fingerprint density at radius 3 is 2.83 bits per heavy atom. The summed E-state index contributed by atoms with van der Waals surface area (Å²) in [7, 11) is 3.08. The first kappa shape index (κ1) is 19.6. The quantitative estimate of drug-likeness (QED) is 0.574. The second kappa shape index (κ2) is 8.32. The van der Waals surface area contributed by atoms with Gasteiger partial charge >= 0.3 is 0 Å². The van der Waals surface area contributed by atoms with Crippen molar-refractivity contribution in [3.8, 4) is 17.4 Å². The van der Waals surface area contributed by atoms with Crippen molar-refractivity contribution in [1.29, 1.82) is 0 Å². The van der Waals surface area contributed by atoms with Crippen LogP contribution in [0.3, 0.4) is 0 Å². The van der Waals surface area contributed by atoms with E-state index < -0.39 is 0 Å². The van der Waals surface area contributed by atoms with Gasteiger partial charge in [-0.2, -0.15) is 4.98 Å². The van der Waals surface area contributed by atoms with Crippen molar-refractivity contribution in [2.24, 2.45) is 11.8 Å². The number of hydrogen-bond donors (Lipinski definition) is 3. The summed E-state index contributed by atoms with van der Waals surface area (Å²) in [6.45, 7) is 0.389. The molecular formula is C21H25N3O4S. The molecule has 2 bridgehead atoms. The van der Waals surface area contributed by atoms with Gasteiger partial charge in [-0.15, -0.1) is 0 Å². The summed E-state index contributed by atoms with van der Waals surface area (Å²) in [6, 6.07) is 5.45. The third-order valence-corrected chi connectivity index (χ3v) is 6.59. The van der Waals surface area contributed by atoms with Crippen LogP contribution < -0.4 is 20.1 Å². The molecule has 1 saturated carbocycles. The van der Waals surface area contributed by atoms with Crippen LogP contribution in [0.25, 0.3) is 0 Å². The van der Waals surface area contributed by atoms with Crippen LogP contribution >= 0.6 is 11.3 Å². The zero-order valence-electron chi connectivity index (χ0n) is 16.5. The highest BCUT2D eigenvalue weighted by molar-refractivity contribution is 7.15. The summed E-state index contributed by atoms with van der Waals surface area (Å²) in [5.74, 6) is 2.12. The second-order valence-corrected chi connectivity index (χ2v) is 8.45. The molecule has 2 aliphatic carbocycles. The summed E-state index contributed by atoms with van der Waals surface area (Å²) in [5, 5.41) is 17.2. The normalized spacial score (nSPS) is 21.9. The largest absolute Gasteiger partial charge is 0.497 e. The number of rotatable bonds is 8. The first-order valence-corrected chi connectivity index (χ1v) is 10.5. The van der Waals surface area contributed by atoms with Gasteiger partial charge in [0.25, 0.3) is 5.91 Å². The fraction of sp³-hybridized carbons (Fsp3) is 0.429. The molecule has 3 atom stereocenters. The van der Waals surface area contributed by atoms with Crippen molar-refractivity contribution in [3.05, 3.63) is 40.8 Å². The molecule has 1 aromatic carbocycles. The lowest BCUT2D eigenvalue weighted by Gasteiger charge is -2.18. The minimum Gasteiger partial charge on any atom is -0.497 e. The zero-order valence-corrected chi connectivity index (χ0v) is 17.3. The predicted molar refractivity (Wildman–Crippen MR) is 112 cm³/mol. The number of nitrogens with one attached hydrogen (secondary N) is 2. The molecule has 7 nitrogen and oxygen atoms in total. The summed E-state index contributed by atoms with van der Waals surface area (Å²) in [5.41, 5.74) is 0.438. The number of aromatic nitrogens is 1. The summed E-state index contributed by atoms with van der Waals surface area (Å²) in [4.78, 5) is 17.5. The van der Waals surface area contributed by atoms with Gasteiger partial charge in [0.15, 0.2) is 5.13 Å². The van der Waals surface area contributed by atoms with Crippen molar-refractivity contribution in [3.63, 3.8) is 0 Å². The smallest absolute Gasteiger partial charge is 0.255 e. The van der Waals surface area contributed by atoms with Crippen LogP contribution in [0.2, 0.25) is 0 Å². The number of aromatic hydroxyl groups is 1. The van der Waals surface area contributed by atoms with Gasteiger partial charge < -0.3 is 25.2 Å². The van der Waals surface area contributed by atoms with Crippen molar-refractivity contribution in [2.75, 3.05) is 26.1 Å². The van der Waals surface area contributed by atoms with Gasteiger partial charge in [0, 0.05) is 25.1 Å². The Kier molecular flexibility index (Phi) is 5.62. The van der Waals surface area contributed by atoms with Gasteiger partial charge in [-0.1, -0.05) is 23.5 Å². The summed E-state index contributed by atoms with van der Waals surface area (Å²) >= 11 is 1.44. The molecule has 1 fully saturated rings. The minimum atomic E-state index is -0.236. The Hall–Kier alpha value is -2.74. The monoisotopic (exact) mass is 415 g/mol. The molecule has 0 radical (unpaired) electrons. The number of allylic oxidation sites excluding steroid dienone is 1. The third-order valence-electron chi connectivity index (χ3n) is 5.56. The fourth-order valence-electron chi connectivity index (χ4n) is 4.04. The molecule has 3 N–H and O–H groups in total. The number of benzene rings is 1. The van der Waals surface area contributed by atoms with Gasteiger partial charge in [-0.05, 0) is 36.8 Å². The minimum absolute atomic E-state index is 0.0347. The van der Waals surface area contributed by atoms with E-state index in [0.717, 1.165) is 16.4 Å². The molecule has 29 heavy (non-hydrogen) atoms. The lowest BCUT2D eigenvalue weighted by Crippen LogP contribution is -2.26. The maximum atomic E-state index is 12.5. The first-order chi connectivity index (χ1) is 14.1. The third kappa shape index (κ3) is 4.17. The number of carbonyl (C=O) groups excluding carboxylic acids is 1. The number of fused-ring (bicyclic) bond motifs is 2. The number of carbonyl (C=O) groups is 1. The molecule has 1 amide bonds. The number of anilines is 1. The predicted octanol–water partition coefficient (Wildman–Crippen LogP) is 3.21. The molecule has 3 unspecified atom stereocenters. The number of methoxy groups -OCH3 is 2. The molecule has 8 heteroatoms. The van der Waals surface area contributed by atoms with Crippen LogP contribution in [0.5, 0.6) is 17.4 Å². The van der Waals surface area contributed by atoms with Crippen molar-refractivity contribution >= 4 is 22.4 Å². The summed E-state index contributed by atoms with van der Waals surface area (Å²) in [6.07, 6.45) is 7.42. The van der Waals surface area contributed by atoms with Crippen LogP contribution in [0.1, 0.15) is 28.1 Å². The Morgan fingerprint density at radius 2 is 2.14 bits per heavy atom. The first-order valence-electron chi connectivity index (χ1n) is 9.71. The molecule has 1 heterocycles. The van der Waals surface area contributed by atoms with Gasteiger partial charge in [0.1, 0.15) is 11.5 Å². The molecule has 2 aromatic rings. The maximum Gasteiger partial charge on any atom is 0.255 e. The van der Waals surface area contributed by atoms with Crippen LogP contribution in [0.15, 0.2) is 30.4 Å². The van der Waals surface area contributed by atoms with E-state index in [1.807, 2.05) is 0 Å². The molecule has 2 aliphatic rings. The Morgan fingerprint density at radius 1 is 1.28 bits per heavy atom. The van der Waals surface area contributed by atoms with E-state index in [9.17, 15) is 9.90 Å². The molecule has 0 saturated heterocycles. The van der Waals surface area contributed by atoms with Crippen LogP contribution in [0, 0.1) is 11.8 Å². The second-order valence-electron chi connectivity index (χ2n) is 7.37. The highest BCUT2D eigenvalue weighted by Gasteiger charge is 2.36. The van der Waals surface area contributed by atoms with E-state index in [0.29, 0.717) is 47.9 Å². The van der Waals surface area contributed by atoms with Crippen LogP contribution in [-0.2, 0) is 6.42 Å². The van der Waals surface area contributed by atoms with Gasteiger partial charge in [-0.25, -0.2) is 0 Å². The number of hydrogen-bond acceptors (Lipinski definition) is 7. The van der Waals surface area contributed by atoms with Gasteiger partial charge in [0.2, 0.25) is 5.88 Å². The molecule has 1 aromatic heterocycles. The average molecular weight is 416 g/mol.